The summed E-state index contributed by atoms with van der Waals surface area (Å²) in [6.45, 7) is 2.99. The molecule has 3 rings (SSSR count). The average Bonchev–Trinajstić information content (AvgIpc) is 2.83. The molecule has 0 fully saturated rings. The largest absolute Gasteiger partial charge is 0.490 e. The molecule has 33 heavy (non-hydrogen) atoms. The smallest absolute Gasteiger partial charge is 0.255 e. The molecular weight excluding hydrogens is 420 g/mol. The molecule has 0 aliphatic carbocycles. The number of carbonyl (C=O) groups excluding carboxylic acids is 2. The van der Waals surface area contributed by atoms with Gasteiger partial charge in [-0.3, -0.25) is 9.59 Å². The lowest BCUT2D eigenvalue weighted by Gasteiger charge is -2.14. The number of nitrogens with one attached hydrogen (secondary N) is 1. The zero-order valence-corrected chi connectivity index (χ0v) is 19.0. The summed E-state index contributed by atoms with van der Waals surface area (Å²) in [6.07, 6.45) is 0. The number of hydrogen-bond donors (Lipinski definition) is 1. The SMILES string of the molecule is CCOc1cc(C(=O)Nc2cccc(C(=O)N(C)C)c2)ccc1OCCOc1ccccc1. The highest BCUT2D eigenvalue weighted by atomic mass is 16.5. The van der Waals surface area contributed by atoms with Crippen LogP contribution < -0.4 is 19.5 Å². The molecule has 0 aliphatic rings. The van der Waals surface area contributed by atoms with Gasteiger partial charge < -0.3 is 24.4 Å². The van der Waals surface area contributed by atoms with E-state index in [-0.39, 0.29) is 11.8 Å². The first-order chi connectivity index (χ1) is 16.0. The summed E-state index contributed by atoms with van der Waals surface area (Å²) in [6, 6.07) is 21.3. The summed E-state index contributed by atoms with van der Waals surface area (Å²) in [5.74, 6) is 1.33. The van der Waals surface area contributed by atoms with Crippen LogP contribution in [0.5, 0.6) is 17.2 Å². The average molecular weight is 449 g/mol. The van der Waals surface area contributed by atoms with Crippen molar-refractivity contribution < 1.29 is 23.8 Å². The van der Waals surface area contributed by atoms with Gasteiger partial charge in [-0.25, -0.2) is 0 Å². The van der Waals surface area contributed by atoms with E-state index in [2.05, 4.69) is 5.32 Å². The number of anilines is 1. The van der Waals surface area contributed by atoms with Gasteiger partial charge in [0.15, 0.2) is 11.5 Å². The van der Waals surface area contributed by atoms with Crippen LogP contribution in [0.4, 0.5) is 5.69 Å². The Morgan fingerprint density at radius 1 is 0.788 bits per heavy atom. The number of hydrogen-bond acceptors (Lipinski definition) is 5. The minimum Gasteiger partial charge on any atom is -0.490 e. The van der Waals surface area contributed by atoms with E-state index in [0.717, 1.165) is 5.75 Å². The molecule has 172 valence electrons. The standard InChI is InChI=1S/C26H28N2O5/c1-4-31-24-18-19(13-14-23(24)33-16-15-32-22-11-6-5-7-12-22)25(29)27-21-10-8-9-20(17-21)26(30)28(2)3/h5-14,17-18H,4,15-16H2,1-3H3,(H,27,29). The number of rotatable bonds is 10. The van der Waals surface area contributed by atoms with Crippen molar-refractivity contribution in [2.45, 2.75) is 6.92 Å². The second kappa shape index (κ2) is 11.6. The van der Waals surface area contributed by atoms with Crippen molar-refractivity contribution in [3.05, 3.63) is 83.9 Å². The van der Waals surface area contributed by atoms with Gasteiger partial charge in [0.05, 0.1) is 6.61 Å². The van der Waals surface area contributed by atoms with Crippen LogP contribution in [0.2, 0.25) is 0 Å². The highest BCUT2D eigenvalue weighted by Crippen LogP contribution is 2.29. The Hall–Kier alpha value is -4.00. The Balaban J connectivity index is 1.64. The van der Waals surface area contributed by atoms with Crippen LogP contribution >= 0.6 is 0 Å². The summed E-state index contributed by atoms with van der Waals surface area (Å²) in [5.41, 5.74) is 1.44. The molecule has 2 amide bonds. The molecule has 0 spiro atoms. The molecule has 3 aromatic carbocycles. The molecule has 3 aromatic rings. The maximum absolute atomic E-state index is 12.8. The fraction of sp³-hybridized carbons (Fsp3) is 0.231. The predicted octanol–water partition coefficient (Wildman–Crippen LogP) is 4.50. The van der Waals surface area contributed by atoms with Crippen LogP contribution in [0.15, 0.2) is 72.8 Å². The third kappa shape index (κ3) is 6.74. The van der Waals surface area contributed by atoms with Crippen molar-refractivity contribution in [2.75, 3.05) is 39.2 Å². The number of nitrogens with zero attached hydrogens (tertiary/aromatic N) is 1. The monoisotopic (exact) mass is 448 g/mol. The van der Waals surface area contributed by atoms with Crippen molar-refractivity contribution in [2.24, 2.45) is 0 Å². The van der Waals surface area contributed by atoms with Gasteiger partial charge in [-0.2, -0.15) is 0 Å². The third-order valence-electron chi connectivity index (χ3n) is 4.63. The van der Waals surface area contributed by atoms with E-state index in [0.29, 0.717) is 48.1 Å². The first-order valence-electron chi connectivity index (χ1n) is 10.7. The van der Waals surface area contributed by atoms with Gasteiger partial charge in [0, 0.05) is 30.9 Å². The summed E-state index contributed by atoms with van der Waals surface area (Å²) in [4.78, 5) is 26.4. The zero-order chi connectivity index (χ0) is 23.6. The van der Waals surface area contributed by atoms with Crippen molar-refractivity contribution in [3.63, 3.8) is 0 Å². The molecule has 7 heteroatoms. The van der Waals surface area contributed by atoms with Crippen LogP contribution in [0.3, 0.4) is 0 Å². The number of para-hydroxylation sites is 1. The van der Waals surface area contributed by atoms with Gasteiger partial charge in [0.25, 0.3) is 11.8 Å². The number of benzene rings is 3. The van der Waals surface area contributed by atoms with E-state index in [1.54, 1.807) is 56.6 Å². The molecule has 0 atom stereocenters. The fourth-order valence-corrected chi connectivity index (χ4v) is 3.06. The first kappa shape index (κ1) is 23.7. The quantitative estimate of drug-likeness (QED) is 0.462. The van der Waals surface area contributed by atoms with E-state index in [1.165, 1.54) is 4.90 Å². The highest BCUT2D eigenvalue weighted by Gasteiger charge is 2.14. The molecule has 0 saturated carbocycles. The Bertz CT molecular complexity index is 1080. The molecule has 0 radical (unpaired) electrons. The van der Waals surface area contributed by atoms with Crippen LogP contribution in [0.1, 0.15) is 27.6 Å². The Morgan fingerprint density at radius 3 is 2.27 bits per heavy atom. The van der Waals surface area contributed by atoms with Crippen molar-refractivity contribution >= 4 is 17.5 Å². The molecule has 0 unspecified atom stereocenters. The second-order valence-electron chi connectivity index (χ2n) is 7.34. The molecule has 0 bridgehead atoms. The van der Waals surface area contributed by atoms with Crippen molar-refractivity contribution in [1.29, 1.82) is 0 Å². The van der Waals surface area contributed by atoms with Gasteiger partial charge in [-0.05, 0) is 55.5 Å². The molecule has 0 aliphatic heterocycles. The lowest BCUT2D eigenvalue weighted by molar-refractivity contribution is 0.0827. The van der Waals surface area contributed by atoms with E-state index < -0.39 is 0 Å². The maximum atomic E-state index is 12.8. The minimum absolute atomic E-state index is 0.137. The second-order valence-corrected chi connectivity index (χ2v) is 7.34. The van der Waals surface area contributed by atoms with Gasteiger partial charge in [0.1, 0.15) is 19.0 Å². The lowest BCUT2D eigenvalue weighted by Crippen LogP contribution is -2.22. The molecule has 0 aromatic heterocycles. The van der Waals surface area contributed by atoms with Gasteiger partial charge in [0.2, 0.25) is 0 Å². The predicted molar refractivity (Wildman–Crippen MR) is 127 cm³/mol. The number of carbonyl (C=O) groups is 2. The maximum Gasteiger partial charge on any atom is 0.255 e. The zero-order valence-electron chi connectivity index (χ0n) is 19.0. The fourth-order valence-electron chi connectivity index (χ4n) is 3.06. The summed E-state index contributed by atoms with van der Waals surface area (Å²) >= 11 is 0. The van der Waals surface area contributed by atoms with E-state index in [4.69, 9.17) is 14.2 Å². The molecule has 0 heterocycles. The molecular formula is C26H28N2O5. The van der Waals surface area contributed by atoms with Gasteiger partial charge in [-0.1, -0.05) is 24.3 Å². The van der Waals surface area contributed by atoms with E-state index in [1.807, 2.05) is 37.3 Å². The Kier molecular flexibility index (Phi) is 8.30. The Morgan fingerprint density at radius 2 is 1.55 bits per heavy atom. The van der Waals surface area contributed by atoms with Crippen LogP contribution in [0.25, 0.3) is 0 Å². The summed E-state index contributed by atoms with van der Waals surface area (Å²) in [7, 11) is 3.36. The molecule has 1 N–H and O–H groups in total. The van der Waals surface area contributed by atoms with Crippen LogP contribution in [0, 0.1) is 0 Å². The van der Waals surface area contributed by atoms with E-state index in [9.17, 15) is 9.59 Å². The Labute approximate surface area is 193 Å². The third-order valence-corrected chi connectivity index (χ3v) is 4.63. The van der Waals surface area contributed by atoms with Crippen LogP contribution in [-0.2, 0) is 0 Å². The number of amides is 2. The van der Waals surface area contributed by atoms with Gasteiger partial charge >= 0.3 is 0 Å². The molecule has 7 nitrogen and oxygen atoms in total. The highest BCUT2D eigenvalue weighted by molar-refractivity contribution is 6.05. The van der Waals surface area contributed by atoms with Gasteiger partial charge in [-0.15, -0.1) is 0 Å². The van der Waals surface area contributed by atoms with E-state index >= 15 is 0 Å². The van der Waals surface area contributed by atoms with Crippen LogP contribution in [-0.4, -0.2) is 50.6 Å². The normalized spacial score (nSPS) is 10.3. The number of ether oxygens (including phenoxy) is 3. The topological polar surface area (TPSA) is 77.1 Å². The summed E-state index contributed by atoms with van der Waals surface area (Å²) in [5, 5.41) is 2.83. The molecule has 0 saturated heterocycles. The van der Waals surface area contributed by atoms with Crippen molar-refractivity contribution in [3.8, 4) is 17.2 Å². The lowest BCUT2D eigenvalue weighted by atomic mass is 10.1. The summed E-state index contributed by atoms with van der Waals surface area (Å²) < 4.78 is 17.1. The first-order valence-corrected chi connectivity index (χ1v) is 10.7. The van der Waals surface area contributed by atoms with Crippen molar-refractivity contribution in [1.82, 2.24) is 4.90 Å². The minimum atomic E-state index is -0.315.